The Hall–Kier alpha value is -5.02. The summed E-state index contributed by atoms with van der Waals surface area (Å²) in [4.78, 5) is 14.9. The lowest BCUT2D eigenvalue weighted by Crippen LogP contribution is -2.16. The lowest BCUT2D eigenvalue weighted by Gasteiger charge is -2.26. The summed E-state index contributed by atoms with van der Waals surface area (Å²) in [5, 5.41) is 14.1. The highest BCUT2D eigenvalue weighted by Gasteiger charge is 2.38. The molecular weight excluding hydrogens is 526 g/mol. The van der Waals surface area contributed by atoms with Gasteiger partial charge in [0.25, 0.3) is 0 Å². The van der Waals surface area contributed by atoms with E-state index >= 15 is 0 Å². The second-order valence-electron chi connectivity index (χ2n) is 9.29. The Balaban J connectivity index is 1.29. The van der Waals surface area contributed by atoms with Crippen LogP contribution in [0.3, 0.4) is 0 Å². The zero-order chi connectivity index (χ0) is 27.1. The number of fused-ring (bicyclic) bond motifs is 4. The van der Waals surface area contributed by atoms with Crippen molar-refractivity contribution in [2.24, 2.45) is 5.16 Å². The summed E-state index contributed by atoms with van der Waals surface area (Å²) in [5.74, 6) is 1.34. The minimum Gasteiger partial charge on any atom is -0.420 e. The van der Waals surface area contributed by atoms with E-state index in [0.29, 0.717) is 28.3 Å². The molecule has 0 saturated carbocycles. The molecule has 196 valence electrons. The average molecular weight is 548 g/mol. The molecule has 7 rings (SSSR count). The second kappa shape index (κ2) is 9.94. The van der Waals surface area contributed by atoms with Crippen LogP contribution >= 0.6 is 11.6 Å². The molecule has 0 unspecified atom stereocenters. The van der Waals surface area contributed by atoms with E-state index in [1.54, 1.807) is 23.1 Å². The van der Waals surface area contributed by atoms with Crippen LogP contribution in [-0.4, -0.2) is 35.6 Å². The van der Waals surface area contributed by atoms with Crippen molar-refractivity contribution in [3.05, 3.63) is 130 Å². The molecule has 40 heavy (non-hydrogen) atoms. The molecule has 0 fully saturated rings. The van der Waals surface area contributed by atoms with Gasteiger partial charge in [0, 0.05) is 10.6 Å². The number of rotatable bonds is 6. The fourth-order valence-corrected chi connectivity index (χ4v) is 5.16. The summed E-state index contributed by atoms with van der Waals surface area (Å²) in [5.41, 5.74) is 6.00. The van der Waals surface area contributed by atoms with Crippen LogP contribution in [-0.2, 0) is 11.4 Å². The first kappa shape index (κ1) is 24.1. The van der Waals surface area contributed by atoms with E-state index in [-0.39, 0.29) is 12.5 Å². The second-order valence-corrected chi connectivity index (χ2v) is 9.69. The SMILES string of the molecule is Cc1nn(-c2ccccc2)c2c1[C@H](c1ccccc1)c1c(ncn3nc(CO/N=C\c4ccccc4Cl)nc13)O2. The number of hydrogen-bond acceptors (Lipinski definition) is 7. The third-order valence-corrected chi connectivity index (χ3v) is 7.11. The highest BCUT2D eigenvalue weighted by molar-refractivity contribution is 6.33. The number of nitrogens with zero attached hydrogens (tertiary/aromatic N) is 7. The first-order valence-corrected chi connectivity index (χ1v) is 13.1. The lowest BCUT2D eigenvalue weighted by atomic mass is 9.84. The minimum atomic E-state index is -0.218. The van der Waals surface area contributed by atoms with Crippen molar-refractivity contribution in [2.45, 2.75) is 19.4 Å². The van der Waals surface area contributed by atoms with Gasteiger partial charge in [0.1, 0.15) is 6.33 Å². The standard InChI is InChI=1S/C30H22ClN7O2/c1-19-25-26(20-10-4-2-5-11-20)27-28-34-24(17-39-33-16-21-12-8-9-15-23(21)31)36-37(28)18-32-29(27)40-30(25)38(35-19)22-13-6-3-7-14-22/h2-16,18,26H,17H2,1H3/b33-16-/t26-/m0/s1. The van der Waals surface area contributed by atoms with Gasteiger partial charge in [-0.25, -0.2) is 19.2 Å². The summed E-state index contributed by atoms with van der Waals surface area (Å²) in [6, 6.07) is 27.6. The molecule has 1 aliphatic rings. The van der Waals surface area contributed by atoms with Gasteiger partial charge in [0.05, 0.1) is 34.6 Å². The van der Waals surface area contributed by atoms with E-state index in [1.165, 1.54) is 0 Å². The smallest absolute Gasteiger partial charge is 0.230 e. The first-order chi connectivity index (χ1) is 19.7. The maximum absolute atomic E-state index is 6.45. The fraction of sp³-hybridized carbons (Fsp3) is 0.100. The fourth-order valence-electron chi connectivity index (χ4n) is 4.98. The largest absolute Gasteiger partial charge is 0.420 e. The van der Waals surface area contributed by atoms with Gasteiger partial charge in [-0.05, 0) is 30.7 Å². The number of halogens is 1. The lowest BCUT2D eigenvalue weighted by molar-refractivity contribution is 0.126. The summed E-state index contributed by atoms with van der Waals surface area (Å²) in [6.07, 6.45) is 3.16. The summed E-state index contributed by atoms with van der Waals surface area (Å²) < 4.78 is 9.93. The predicted octanol–water partition coefficient (Wildman–Crippen LogP) is 6.11. The molecule has 0 bridgehead atoms. The van der Waals surface area contributed by atoms with Gasteiger partial charge < -0.3 is 9.57 Å². The molecule has 3 aromatic heterocycles. The molecule has 0 radical (unpaired) electrons. The maximum Gasteiger partial charge on any atom is 0.230 e. The van der Waals surface area contributed by atoms with Gasteiger partial charge in [0.15, 0.2) is 18.1 Å². The molecule has 0 amide bonds. The Morgan fingerprint density at radius 1 is 0.950 bits per heavy atom. The van der Waals surface area contributed by atoms with Crippen LogP contribution in [0.15, 0.2) is 96.4 Å². The zero-order valence-corrected chi connectivity index (χ0v) is 22.1. The van der Waals surface area contributed by atoms with Gasteiger partial charge in [-0.15, -0.1) is 5.10 Å². The van der Waals surface area contributed by atoms with Crippen LogP contribution in [0.1, 0.15) is 39.7 Å². The van der Waals surface area contributed by atoms with E-state index in [2.05, 4.69) is 27.4 Å². The monoisotopic (exact) mass is 547 g/mol. The first-order valence-electron chi connectivity index (χ1n) is 12.7. The van der Waals surface area contributed by atoms with Gasteiger partial charge >= 0.3 is 0 Å². The van der Waals surface area contributed by atoms with E-state index < -0.39 is 0 Å². The molecule has 4 heterocycles. The molecule has 9 nitrogen and oxygen atoms in total. The third-order valence-electron chi connectivity index (χ3n) is 6.76. The van der Waals surface area contributed by atoms with Crippen molar-refractivity contribution >= 4 is 23.5 Å². The highest BCUT2D eigenvalue weighted by atomic mass is 35.5. The topological polar surface area (TPSA) is 91.7 Å². The number of para-hydroxylation sites is 1. The molecule has 1 atom stereocenters. The Labute approximate surface area is 234 Å². The summed E-state index contributed by atoms with van der Waals surface area (Å²) in [7, 11) is 0. The Bertz CT molecular complexity index is 1870. The van der Waals surface area contributed by atoms with Crippen molar-refractivity contribution in [3.63, 3.8) is 0 Å². The van der Waals surface area contributed by atoms with E-state index in [0.717, 1.165) is 33.6 Å². The summed E-state index contributed by atoms with van der Waals surface area (Å²) >= 11 is 6.19. The van der Waals surface area contributed by atoms with Crippen LogP contribution in [0.4, 0.5) is 0 Å². The molecule has 1 aliphatic heterocycles. The minimum absolute atomic E-state index is 0.0739. The molecule has 0 saturated heterocycles. The zero-order valence-electron chi connectivity index (χ0n) is 21.3. The third kappa shape index (κ3) is 4.17. The van der Waals surface area contributed by atoms with Gasteiger partial charge in [-0.3, -0.25) is 0 Å². The van der Waals surface area contributed by atoms with Crippen LogP contribution in [0.2, 0.25) is 5.02 Å². The molecule has 10 heteroatoms. The average Bonchev–Trinajstić information content (AvgIpc) is 3.56. The number of aryl methyl sites for hydroxylation is 1. The van der Waals surface area contributed by atoms with E-state index in [4.69, 9.17) is 31.3 Å². The van der Waals surface area contributed by atoms with Crippen LogP contribution in [0, 0.1) is 6.92 Å². The number of benzene rings is 3. The van der Waals surface area contributed by atoms with Crippen LogP contribution in [0.25, 0.3) is 11.3 Å². The van der Waals surface area contributed by atoms with Crippen LogP contribution in [0.5, 0.6) is 11.8 Å². The van der Waals surface area contributed by atoms with Gasteiger partial charge in [0.2, 0.25) is 11.8 Å². The van der Waals surface area contributed by atoms with Crippen molar-refractivity contribution in [1.29, 1.82) is 0 Å². The van der Waals surface area contributed by atoms with Gasteiger partial charge in [-0.2, -0.15) is 5.10 Å². The Morgan fingerprint density at radius 2 is 1.70 bits per heavy atom. The Kier molecular flexibility index (Phi) is 5.98. The molecule has 0 spiro atoms. The quantitative estimate of drug-likeness (QED) is 0.184. The number of oxime groups is 1. The molecule has 0 N–H and O–H groups in total. The number of hydrogen-bond donors (Lipinski definition) is 0. The normalized spacial score (nSPS) is 14.2. The molecule has 3 aromatic carbocycles. The number of ether oxygens (including phenoxy) is 1. The summed E-state index contributed by atoms with van der Waals surface area (Å²) in [6.45, 7) is 2.07. The van der Waals surface area contributed by atoms with Crippen molar-refractivity contribution < 1.29 is 9.57 Å². The van der Waals surface area contributed by atoms with Gasteiger partial charge in [-0.1, -0.05) is 83.5 Å². The van der Waals surface area contributed by atoms with Crippen LogP contribution < -0.4 is 4.74 Å². The maximum atomic E-state index is 6.45. The van der Waals surface area contributed by atoms with Crippen molar-refractivity contribution in [3.8, 4) is 17.4 Å². The predicted molar refractivity (Wildman–Crippen MR) is 150 cm³/mol. The molecular formula is C30H22ClN7O2. The molecule has 0 aliphatic carbocycles. The van der Waals surface area contributed by atoms with Crippen molar-refractivity contribution in [1.82, 2.24) is 29.4 Å². The number of aromatic nitrogens is 6. The van der Waals surface area contributed by atoms with E-state index in [1.807, 2.05) is 78.3 Å². The highest BCUT2D eigenvalue weighted by Crippen LogP contribution is 2.49. The van der Waals surface area contributed by atoms with E-state index in [9.17, 15) is 0 Å². The van der Waals surface area contributed by atoms with Crippen molar-refractivity contribution in [2.75, 3.05) is 0 Å². The Morgan fingerprint density at radius 3 is 2.50 bits per heavy atom. The molecule has 6 aromatic rings.